The van der Waals surface area contributed by atoms with Gasteiger partial charge in [0, 0.05) is 42.4 Å². The molecule has 6 heterocycles. The highest BCUT2D eigenvalue weighted by molar-refractivity contribution is 6.00. The Morgan fingerprint density at radius 1 is 1.10 bits per heavy atom. The normalized spacial score (nSPS) is 20.3. The van der Waals surface area contributed by atoms with E-state index >= 15 is 0 Å². The summed E-state index contributed by atoms with van der Waals surface area (Å²) in [5.74, 6) is 0.441. The van der Waals surface area contributed by atoms with Gasteiger partial charge in [-0.25, -0.2) is 19.7 Å². The SMILES string of the molecule is CNC(=O)Nc1ccc(-c2cnn3c(N)c(C(C)=O)c(C4CC5CCC(C4)N5C(=O)c4ncn[nH]4)nc23)cn1. The number of piperidine rings is 1. The molecule has 2 fully saturated rings. The first-order chi connectivity index (χ1) is 18.9. The van der Waals surface area contributed by atoms with Gasteiger partial charge in [0.2, 0.25) is 5.82 Å². The van der Waals surface area contributed by atoms with E-state index in [1.54, 1.807) is 24.5 Å². The largest absolute Gasteiger partial charge is 0.383 e. The zero-order valence-corrected chi connectivity index (χ0v) is 21.4. The van der Waals surface area contributed by atoms with Crippen LogP contribution in [0.1, 0.15) is 65.2 Å². The van der Waals surface area contributed by atoms with Gasteiger partial charge in [0.15, 0.2) is 11.4 Å². The van der Waals surface area contributed by atoms with Crippen molar-refractivity contribution < 1.29 is 14.4 Å². The molecule has 39 heavy (non-hydrogen) atoms. The van der Waals surface area contributed by atoms with Crippen molar-refractivity contribution in [2.75, 3.05) is 18.1 Å². The van der Waals surface area contributed by atoms with Gasteiger partial charge in [-0.15, -0.1) is 0 Å². The number of ketones is 1. The predicted octanol–water partition coefficient (Wildman–Crippen LogP) is 2.00. The number of aromatic nitrogens is 7. The van der Waals surface area contributed by atoms with E-state index in [9.17, 15) is 14.4 Å². The zero-order valence-electron chi connectivity index (χ0n) is 21.4. The van der Waals surface area contributed by atoms with E-state index < -0.39 is 0 Å². The number of amides is 3. The van der Waals surface area contributed by atoms with Crippen molar-refractivity contribution in [3.05, 3.63) is 47.9 Å². The fraction of sp³-hybridized carbons (Fsp3) is 0.360. The monoisotopic (exact) mass is 529 g/mol. The number of hydrogen-bond acceptors (Lipinski definition) is 9. The molecule has 2 unspecified atom stereocenters. The maximum atomic E-state index is 13.1. The van der Waals surface area contributed by atoms with Crippen molar-refractivity contribution in [1.82, 2.24) is 45.0 Å². The highest BCUT2D eigenvalue weighted by atomic mass is 16.2. The molecule has 2 atom stereocenters. The van der Waals surface area contributed by atoms with Gasteiger partial charge >= 0.3 is 6.03 Å². The lowest BCUT2D eigenvalue weighted by Gasteiger charge is -2.38. The molecular weight excluding hydrogens is 502 g/mol. The molecule has 0 saturated carbocycles. The van der Waals surface area contributed by atoms with Crippen LogP contribution in [-0.2, 0) is 0 Å². The number of anilines is 2. The molecule has 14 heteroatoms. The number of carbonyl (C=O) groups is 3. The van der Waals surface area contributed by atoms with Crippen LogP contribution >= 0.6 is 0 Å². The molecule has 2 saturated heterocycles. The van der Waals surface area contributed by atoms with Gasteiger partial charge in [0.25, 0.3) is 5.91 Å². The molecule has 0 radical (unpaired) electrons. The minimum Gasteiger partial charge on any atom is -0.383 e. The summed E-state index contributed by atoms with van der Waals surface area (Å²) >= 11 is 0. The van der Waals surface area contributed by atoms with Crippen molar-refractivity contribution in [3.63, 3.8) is 0 Å². The first-order valence-electron chi connectivity index (χ1n) is 12.7. The highest BCUT2D eigenvalue weighted by Gasteiger charge is 2.45. The number of Topliss-reactive ketones (excluding diaryl/α,β-unsaturated/α-hetero) is 1. The number of hydrogen-bond donors (Lipinski definition) is 4. The zero-order chi connectivity index (χ0) is 27.3. The summed E-state index contributed by atoms with van der Waals surface area (Å²) in [6.45, 7) is 1.48. The van der Waals surface area contributed by atoms with Crippen molar-refractivity contribution in [1.29, 1.82) is 0 Å². The Bertz CT molecular complexity index is 1570. The quantitative estimate of drug-likeness (QED) is 0.280. The van der Waals surface area contributed by atoms with E-state index in [0.717, 1.165) is 18.4 Å². The van der Waals surface area contributed by atoms with Crippen molar-refractivity contribution in [3.8, 4) is 11.1 Å². The summed E-state index contributed by atoms with van der Waals surface area (Å²) in [5, 5.41) is 16.0. The van der Waals surface area contributed by atoms with Gasteiger partial charge in [0.05, 0.1) is 17.5 Å². The number of H-pyrrole nitrogens is 1. The van der Waals surface area contributed by atoms with Gasteiger partial charge < -0.3 is 16.0 Å². The second kappa shape index (κ2) is 9.45. The Kier molecular flexibility index (Phi) is 5.93. The third-order valence-corrected chi connectivity index (χ3v) is 7.58. The molecule has 6 rings (SSSR count). The molecule has 2 aliphatic rings. The average Bonchev–Trinajstić information content (AvgIpc) is 3.67. The van der Waals surface area contributed by atoms with E-state index in [4.69, 9.17) is 10.7 Å². The van der Waals surface area contributed by atoms with Crippen LogP contribution in [0.2, 0.25) is 0 Å². The number of nitrogens with two attached hydrogens (primary N) is 1. The smallest absolute Gasteiger partial charge is 0.320 e. The van der Waals surface area contributed by atoms with Crippen molar-refractivity contribution >= 4 is 35.0 Å². The van der Waals surface area contributed by atoms with E-state index in [0.29, 0.717) is 41.1 Å². The second-order valence-electron chi connectivity index (χ2n) is 9.84. The topological polar surface area (TPSA) is 189 Å². The van der Waals surface area contributed by atoms with Crippen LogP contribution in [0, 0.1) is 0 Å². The van der Waals surface area contributed by atoms with Crippen LogP contribution in [-0.4, -0.2) is 76.5 Å². The summed E-state index contributed by atoms with van der Waals surface area (Å²) in [7, 11) is 1.52. The summed E-state index contributed by atoms with van der Waals surface area (Å²) in [6.07, 6.45) is 7.63. The maximum absolute atomic E-state index is 13.1. The number of aromatic amines is 1. The van der Waals surface area contributed by atoms with E-state index in [2.05, 4.69) is 35.9 Å². The number of rotatable bonds is 5. The fourth-order valence-corrected chi connectivity index (χ4v) is 5.86. The minimum atomic E-state index is -0.371. The fourth-order valence-electron chi connectivity index (χ4n) is 5.86. The molecule has 14 nitrogen and oxygen atoms in total. The van der Waals surface area contributed by atoms with Crippen molar-refractivity contribution in [2.24, 2.45) is 0 Å². The summed E-state index contributed by atoms with van der Waals surface area (Å²) in [4.78, 5) is 52.7. The van der Waals surface area contributed by atoms with E-state index in [-0.39, 0.29) is 47.4 Å². The number of urea groups is 1. The van der Waals surface area contributed by atoms with E-state index in [1.807, 2.05) is 4.90 Å². The third kappa shape index (κ3) is 4.13. The van der Waals surface area contributed by atoms with Gasteiger partial charge in [-0.05, 0) is 44.7 Å². The summed E-state index contributed by atoms with van der Waals surface area (Å²) < 4.78 is 1.48. The molecule has 2 aliphatic heterocycles. The maximum Gasteiger partial charge on any atom is 0.320 e. The molecule has 4 aromatic heterocycles. The Balaban J connectivity index is 1.36. The molecule has 200 valence electrons. The van der Waals surface area contributed by atoms with Crippen LogP contribution in [0.25, 0.3) is 16.8 Å². The molecular formula is C25H27N11O3. The average molecular weight is 530 g/mol. The lowest BCUT2D eigenvalue weighted by molar-refractivity contribution is 0.0556. The standard InChI is InChI=1S/C25H27N11O3/c1-12(37)19-20(14-7-15-4-5-16(8-14)35(15)24(38)22-29-11-30-34-22)33-23-17(10-31-36(23)21(19)26)13-3-6-18(28-9-13)32-25(39)27-2/h3,6,9-11,14-16H,4-5,7-8,26H2,1-2H3,(H,29,30,34)(H2,27,28,32,39). The van der Waals surface area contributed by atoms with Crippen LogP contribution in [0.5, 0.6) is 0 Å². The molecule has 3 amide bonds. The number of pyridine rings is 1. The minimum absolute atomic E-state index is 0.000597. The number of carbonyl (C=O) groups excluding carboxylic acids is 3. The van der Waals surface area contributed by atoms with Crippen LogP contribution in [0.15, 0.2) is 30.9 Å². The Hall–Kier alpha value is -4.88. The Morgan fingerprint density at radius 3 is 2.49 bits per heavy atom. The molecule has 0 spiro atoms. The van der Waals surface area contributed by atoms with Gasteiger partial charge in [0.1, 0.15) is 18.0 Å². The number of nitrogens with one attached hydrogen (secondary N) is 3. The first-order valence-corrected chi connectivity index (χ1v) is 12.7. The van der Waals surface area contributed by atoms with Crippen LogP contribution in [0.3, 0.4) is 0 Å². The van der Waals surface area contributed by atoms with Gasteiger partial charge in [-0.3, -0.25) is 20.0 Å². The Labute approximate surface area is 222 Å². The molecule has 0 aliphatic carbocycles. The molecule has 4 aromatic rings. The molecule has 0 aromatic carbocycles. The number of nitrogen functional groups attached to an aromatic ring is 1. The third-order valence-electron chi connectivity index (χ3n) is 7.58. The molecule has 5 N–H and O–H groups in total. The molecule has 2 bridgehead atoms. The first kappa shape index (κ1) is 24.5. The predicted molar refractivity (Wildman–Crippen MR) is 140 cm³/mol. The second-order valence-corrected chi connectivity index (χ2v) is 9.84. The van der Waals surface area contributed by atoms with Crippen LogP contribution < -0.4 is 16.4 Å². The van der Waals surface area contributed by atoms with E-state index in [1.165, 1.54) is 24.8 Å². The number of fused-ring (bicyclic) bond motifs is 3. The van der Waals surface area contributed by atoms with Crippen LogP contribution in [0.4, 0.5) is 16.4 Å². The van der Waals surface area contributed by atoms with Gasteiger partial charge in [-0.2, -0.15) is 14.7 Å². The highest BCUT2D eigenvalue weighted by Crippen LogP contribution is 2.45. The van der Waals surface area contributed by atoms with Crippen molar-refractivity contribution in [2.45, 2.75) is 50.6 Å². The number of nitrogens with zero attached hydrogens (tertiary/aromatic N) is 7. The summed E-state index contributed by atoms with van der Waals surface area (Å²) in [6, 6.07) is 3.11. The van der Waals surface area contributed by atoms with Gasteiger partial charge in [-0.1, -0.05) is 0 Å². The lowest BCUT2D eigenvalue weighted by Crippen LogP contribution is -2.46. The Morgan fingerprint density at radius 2 is 1.87 bits per heavy atom. The lowest BCUT2D eigenvalue weighted by atomic mass is 9.85. The summed E-state index contributed by atoms with van der Waals surface area (Å²) in [5.41, 5.74) is 9.44.